The molecule has 0 spiro atoms. The van der Waals surface area contributed by atoms with Gasteiger partial charge in [0.15, 0.2) is 0 Å². The molecule has 0 bridgehead atoms. The van der Waals surface area contributed by atoms with E-state index < -0.39 is 11.2 Å². The molecule has 1 N–H and O–H groups in total. The molecule has 8 heteroatoms. The largest absolute Gasteiger partial charge is 0.489 e. The molecular weight excluding hydrogens is 459 g/mol. The Balaban J connectivity index is 1.39. The molecule has 0 fully saturated rings. The van der Waals surface area contributed by atoms with Crippen molar-refractivity contribution >= 4 is 17.1 Å². The maximum atomic E-state index is 13.8. The third kappa shape index (κ3) is 4.36. The number of aryl methyl sites for hydroxylation is 1. The second kappa shape index (κ2) is 9.50. The predicted octanol–water partition coefficient (Wildman–Crippen LogP) is 4.70. The summed E-state index contributed by atoms with van der Waals surface area (Å²) in [6.45, 7) is 4.04. The molecule has 0 saturated heterocycles. The molecule has 5 aromatic rings. The Kier molecular flexibility index (Phi) is 6.08. The van der Waals surface area contributed by atoms with Crippen molar-refractivity contribution in [2.24, 2.45) is 5.10 Å². The molecule has 0 atom stereocenters. The smallest absolute Gasteiger partial charge is 0.349 e. The molecular formula is C28H23FN4O3. The zero-order valence-electron chi connectivity index (χ0n) is 19.7. The monoisotopic (exact) mass is 482 g/mol. The van der Waals surface area contributed by atoms with Crippen LogP contribution < -0.4 is 16.0 Å². The van der Waals surface area contributed by atoms with Gasteiger partial charge in [0, 0.05) is 28.2 Å². The first-order valence-electron chi connectivity index (χ1n) is 11.4. The summed E-state index contributed by atoms with van der Waals surface area (Å²) < 4.78 is 22.4. The Hall–Kier alpha value is -4.72. The standard InChI is InChI=1S/C28H23FN4O3/c1-18-15-21(16-30-33-27(34)24-8-4-6-10-26(24)31-28(33)35)19(2)32(18)22-11-13-23(14-12-22)36-17-20-7-3-5-9-25(20)29/h3-16H,17H2,1-2H3,(H,31,35). The summed E-state index contributed by atoms with van der Waals surface area (Å²) in [4.78, 5) is 27.8. The summed E-state index contributed by atoms with van der Waals surface area (Å²) in [6.07, 6.45) is 1.51. The minimum atomic E-state index is -0.602. The third-order valence-electron chi connectivity index (χ3n) is 6.01. The van der Waals surface area contributed by atoms with Gasteiger partial charge in [-0.25, -0.2) is 9.18 Å². The maximum Gasteiger partial charge on any atom is 0.349 e. The number of halogens is 1. The van der Waals surface area contributed by atoms with E-state index in [-0.39, 0.29) is 12.4 Å². The van der Waals surface area contributed by atoms with Gasteiger partial charge in [0.05, 0.1) is 17.1 Å². The number of nitrogens with one attached hydrogen (secondary N) is 1. The fourth-order valence-corrected chi connectivity index (χ4v) is 4.16. The number of ether oxygens (including phenoxy) is 1. The summed E-state index contributed by atoms with van der Waals surface area (Å²) in [7, 11) is 0. The summed E-state index contributed by atoms with van der Waals surface area (Å²) in [5.74, 6) is 0.330. The Morgan fingerprint density at radius 3 is 2.47 bits per heavy atom. The number of hydrogen-bond acceptors (Lipinski definition) is 4. The Labute approximate surface area is 205 Å². The molecule has 3 aromatic carbocycles. The van der Waals surface area contributed by atoms with Crippen LogP contribution in [0.15, 0.2) is 93.6 Å². The highest BCUT2D eigenvalue weighted by Gasteiger charge is 2.11. The van der Waals surface area contributed by atoms with Gasteiger partial charge in [0.2, 0.25) is 0 Å². The minimum Gasteiger partial charge on any atom is -0.489 e. The van der Waals surface area contributed by atoms with E-state index in [9.17, 15) is 14.0 Å². The molecule has 7 nitrogen and oxygen atoms in total. The van der Waals surface area contributed by atoms with Gasteiger partial charge in [0.1, 0.15) is 18.2 Å². The normalized spacial score (nSPS) is 11.4. The molecule has 2 heterocycles. The lowest BCUT2D eigenvalue weighted by molar-refractivity contribution is 0.300. The van der Waals surface area contributed by atoms with Crippen LogP contribution in [0, 0.1) is 19.7 Å². The van der Waals surface area contributed by atoms with Crippen molar-refractivity contribution in [3.8, 4) is 11.4 Å². The molecule has 0 aliphatic heterocycles. The highest BCUT2D eigenvalue weighted by molar-refractivity contribution is 5.82. The van der Waals surface area contributed by atoms with E-state index >= 15 is 0 Å². The number of hydrogen-bond donors (Lipinski definition) is 1. The average molecular weight is 483 g/mol. The minimum absolute atomic E-state index is 0.140. The van der Waals surface area contributed by atoms with E-state index in [2.05, 4.69) is 10.1 Å². The van der Waals surface area contributed by atoms with Crippen molar-refractivity contribution in [3.63, 3.8) is 0 Å². The van der Waals surface area contributed by atoms with E-state index in [1.807, 2.05) is 48.7 Å². The molecule has 5 rings (SSSR count). The molecule has 0 aliphatic rings. The van der Waals surface area contributed by atoms with Crippen molar-refractivity contribution in [1.29, 1.82) is 0 Å². The van der Waals surface area contributed by atoms with Crippen molar-refractivity contribution in [1.82, 2.24) is 14.2 Å². The van der Waals surface area contributed by atoms with Gasteiger partial charge in [-0.15, -0.1) is 4.68 Å². The molecule has 180 valence electrons. The highest BCUT2D eigenvalue weighted by Crippen LogP contribution is 2.23. The fraction of sp³-hybridized carbons (Fsp3) is 0.107. The van der Waals surface area contributed by atoms with Crippen LogP contribution in [-0.4, -0.2) is 20.4 Å². The quantitative estimate of drug-likeness (QED) is 0.356. The number of H-pyrrole nitrogens is 1. The summed E-state index contributed by atoms with van der Waals surface area (Å²) in [6, 6.07) is 22.8. The van der Waals surface area contributed by atoms with Crippen LogP contribution in [0.4, 0.5) is 4.39 Å². The topological polar surface area (TPSA) is 81.4 Å². The van der Waals surface area contributed by atoms with E-state index in [4.69, 9.17) is 4.74 Å². The van der Waals surface area contributed by atoms with Crippen LogP contribution in [-0.2, 0) is 6.61 Å². The van der Waals surface area contributed by atoms with Gasteiger partial charge in [-0.05, 0) is 62.4 Å². The lowest BCUT2D eigenvalue weighted by Crippen LogP contribution is -2.32. The van der Waals surface area contributed by atoms with E-state index in [0.29, 0.717) is 22.2 Å². The lowest BCUT2D eigenvalue weighted by Gasteiger charge is -2.12. The highest BCUT2D eigenvalue weighted by atomic mass is 19.1. The Bertz CT molecular complexity index is 1710. The van der Waals surface area contributed by atoms with Gasteiger partial charge >= 0.3 is 5.69 Å². The summed E-state index contributed by atoms with van der Waals surface area (Å²) >= 11 is 0. The third-order valence-corrected chi connectivity index (χ3v) is 6.01. The van der Waals surface area contributed by atoms with Crippen LogP contribution in [0.2, 0.25) is 0 Å². The maximum absolute atomic E-state index is 13.8. The Morgan fingerprint density at radius 1 is 0.972 bits per heavy atom. The predicted molar refractivity (Wildman–Crippen MR) is 138 cm³/mol. The lowest BCUT2D eigenvalue weighted by atomic mass is 10.2. The van der Waals surface area contributed by atoms with Crippen molar-refractivity contribution in [2.75, 3.05) is 0 Å². The van der Waals surface area contributed by atoms with Gasteiger partial charge in [-0.1, -0.05) is 30.3 Å². The average Bonchev–Trinajstić information content (AvgIpc) is 3.16. The van der Waals surface area contributed by atoms with Crippen LogP contribution in [0.1, 0.15) is 22.5 Å². The van der Waals surface area contributed by atoms with Gasteiger partial charge < -0.3 is 14.3 Å². The number of nitrogens with zero attached hydrogens (tertiary/aromatic N) is 3. The fourth-order valence-electron chi connectivity index (χ4n) is 4.16. The van der Waals surface area contributed by atoms with Crippen molar-refractivity contribution in [2.45, 2.75) is 20.5 Å². The summed E-state index contributed by atoms with van der Waals surface area (Å²) in [5, 5.41) is 4.57. The second-order valence-electron chi connectivity index (χ2n) is 8.37. The Morgan fingerprint density at radius 2 is 1.69 bits per heavy atom. The van der Waals surface area contributed by atoms with Crippen LogP contribution in [0.3, 0.4) is 0 Å². The molecule has 0 saturated carbocycles. The number of rotatable bonds is 6. The molecule has 2 aromatic heterocycles. The van der Waals surface area contributed by atoms with E-state index in [1.54, 1.807) is 42.5 Å². The van der Waals surface area contributed by atoms with E-state index in [0.717, 1.165) is 27.3 Å². The molecule has 0 aliphatic carbocycles. The van der Waals surface area contributed by atoms with Crippen LogP contribution in [0.5, 0.6) is 5.75 Å². The molecule has 0 unspecified atom stereocenters. The number of aromatic amines is 1. The van der Waals surface area contributed by atoms with Crippen molar-refractivity contribution in [3.05, 3.63) is 128 Å². The van der Waals surface area contributed by atoms with Gasteiger partial charge in [-0.2, -0.15) is 5.10 Å². The van der Waals surface area contributed by atoms with Crippen LogP contribution >= 0.6 is 0 Å². The number of fused-ring (bicyclic) bond motifs is 1. The second-order valence-corrected chi connectivity index (χ2v) is 8.37. The molecule has 0 amide bonds. The first-order chi connectivity index (χ1) is 17.4. The van der Waals surface area contributed by atoms with Crippen molar-refractivity contribution < 1.29 is 9.13 Å². The van der Waals surface area contributed by atoms with Gasteiger partial charge in [-0.3, -0.25) is 4.79 Å². The zero-order valence-corrected chi connectivity index (χ0v) is 19.7. The number of benzene rings is 3. The van der Waals surface area contributed by atoms with Gasteiger partial charge in [0.25, 0.3) is 5.56 Å². The van der Waals surface area contributed by atoms with Crippen LogP contribution in [0.25, 0.3) is 16.6 Å². The number of para-hydroxylation sites is 1. The molecule has 0 radical (unpaired) electrons. The first kappa shape index (κ1) is 23.0. The SMILES string of the molecule is Cc1cc(C=Nn2c(=O)[nH]c3ccccc3c2=O)c(C)n1-c1ccc(OCc2ccccc2F)cc1. The van der Waals surface area contributed by atoms with E-state index in [1.165, 1.54) is 12.3 Å². The summed E-state index contributed by atoms with van der Waals surface area (Å²) in [5.41, 5.74) is 3.40. The first-order valence-corrected chi connectivity index (χ1v) is 11.4. The number of aromatic nitrogens is 3. The molecule has 36 heavy (non-hydrogen) atoms. The zero-order chi connectivity index (χ0) is 25.2.